The van der Waals surface area contributed by atoms with Gasteiger partial charge in [-0.1, -0.05) is 184 Å². The van der Waals surface area contributed by atoms with E-state index in [1.54, 1.807) is 0 Å². The molecule has 1 aromatic heterocycles. The molecule has 10 aromatic carbocycles. The Kier molecular flexibility index (Phi) is 10.9. The van der Waals surface area contributed by atoms with E-state index < -0.39 is 0 Å². The number of ether oxygens (including phenoxy) is 1. The fraction of sp³-hybridized carbons (Fsp3) is 0.273. The molecule has 0 atom stereocenters. The van der Waals surface area contributed by atoms with Crippen molar-refractivity contribution >= 4 is 89.6 Å². The molecule has 4 heterocycles. The lowest BCUT2D eigenvalue weighted by molar-refractivity contribution is 0.331. The Balaban J connectivity index is 1.09. The third-order valence-corrected chi connectivity index (χ3v) is 20.4. The number of aromatic nitrogens is 1. The predicted molar refractivity (Wildman–Crippen MR) is 349 cm³/mol. The summed E-state index contributed by atoms with van der Waals surface area (Å²) in [7, 11) is 0. The van der Waals surface area contributed by atoms with Crippen LogP contribution >= 0.6 is 0 Å². The van der Waals surface area contributed by atoms with Gasteiger partial charge in [0.2, 0.25) is 0 Å². The lowest BCUT2D eigenvalue weighted by Gasteiger charge is -2.43. The van der Waals surface area contributed by atoms with E-state index >= 15 is 0 Å². The summed E-state index contributed by atoms with van der Waals surface area (Å²) in [5.74, 6) is 1.71. The van der Waals surface area contributed by atoms with Crippen molar-refractivity contribution < 1.29 is 4.74 Å². The maximum atomic E-state index is 6.86. The molecule has 0 bridgehead atoms. The highest BCUT2D eigenvalue weighted by molar-refractivity contribution is 6.94. The molecule has 5 aliphatic rings. The number of para-hydroxylation sites is 4. The Hall–Kier alpha value is -8.02. The molecule has 0 amide bonds. The van der Waals surface area contributed by atoms with Crippen molar-refractivity contribution in [2.75, 3.05) is 9.71 Å². The first-order chi connectivity index (χ1) is 39.9. The van der Waals surface area contributed by atoms with Crippen molar-refractivity contribution in [3.63, 3.8) is 0 Å². The van der Waals surface area contributed by atoms with Gasteiger partial charge in [-0.05, 0) is 193 Å². The minimum absolute atomic E-state index is 0.0824. The number of benzene rings is 10. The Morgan fingerprint density at radius 1 is 0.439 bits per heavy atom. The summed E-state index contributed by atoms with van der Waals surface area (Å²) in [4.78, 5) is 5.35. The van der Waals surface area contributed by atoms with E-state index in [-0.39, 0.29) is 23.1 Å². The third-order valence-electron chi connectivity index (χ3n) is 20.4. The summed E-state index contributed by atoms with van der Waals surface area (Å²) < 4.78 is 9.60. The molecule has 0 unspecified atom stereocenters. The molecule has 0 fully saturated rings. The highest BCUT2D eigenvalue weighted by atomic mass is 16.5. The smallest absolute Gasteiger partial charge is 0.333 e. The molecule has 11 aromatic rings. The normalized spacial score (nSPS) is 16.2. The molecule has 0 saturated heterocycles. The quantitative estimate of drug-likeness (QED) is 0.0773. The SMILES string of the molecule is CCCCCc1ccc(N2B3c4cc(CCCCC)ccc4-n4c5c3c(cc(N3c6ccccc6Oc6ccccc63)c5c3c5ccccc5c5ccccc5c34)-c3cc4c(cc32)-c2cc3c(cc2C4(C)C)C(C)(C)CCC3(C)C)cc1. The molecule has 82 heavy (non-hydrogen) atoms. The highest BCUT2D eigenvalue weighted by Gasteiger charge is 2.49. The van der Waals surface area contributed by atoms with E-state index in [0.717, 1.165) is 41.4 Å². The molecule has 16 rings (SSSR count). The zero-order valence-electron chi connectivity index (χ0n) is 49.1. The van der Waals surface area contributed by atoms with Crippen molar-refractivity contribution in [1.29, 1.82) is 0 Å². The maximum absolute atomic E-state index is 6.86. The van der Waals surface area contributed by atoms with Gasteiger partial charge in [-0.3, -0.25) is 0 Å². The number of aryl methyl sites for hydroxylation is 2. The van der Waals surface area contributed by atoms with Crippen LogP contribution in [0.2, 0.25) is 0 Å². The van der Waals surface area contributed by atoms with E-state index in [4.69, 9.17) is 4.74 Å². The molecule has 0 spiro atoms. The Labute approximate surface area is 484 Å². The van der Waals surface area contributed by atoms with Crippen LogP contribution in [0.1, 0.15) is 140 Å². The largest absolute Gasteiger partial charge is 0.453 e. The second-order valence-corrected chi connectivity index (χ2v) is 26.6. The number of nitrogens with zero attached hydrogens (tertiary/aromatic N) is 3. The van der Waals surface area contributed by atoms with Gasteiger partial charge in [-0.25, -0.2) is 0 Å². The van der Waals surface area contributed by atoms with Crippen LogP contribution in [0.3, 0.4) is 0 Å². The van der Waals surface area contributed by atoms with Crippen molar-refractivity contribution in [1.82, 2.24) is 4.57 Å². The van der Waals surface area contributed by atoms with E-state index in [1.165, 1.54) is 178 Å². The highest BCUT2D eigenvalue weighted by Crippen LogP contribution is 2.60. The van der Waals surface area contributed by atoms with Crippen LogP contribution in [0.25, 0.3) is 71.3 Å². The summed E-state index contributed by atoms with van der Waals surface area (Å²) in [6, 6.07) is 66.4. The number of anilines is 5. The van der Waals surface area contributed by atoms with Crippen LogP contribution < -0.4 is 25.4 Å². The number of fused-ring (bicyclic) bond motifs is 19. The van der Waals surface area contributed by atoms with Crippen LogP contribution in [-0.2, 0) is 29.1 Å². The molecule has 404 valence electrons. The minimum Gasteiger partial charge on any atom is -0.453 e. The van der Waals surface area contributed by atoms with Gasteiger partial charge < -0.3 is 19.0 Å². The van der Waals surface area contributed by atoms with Gasteiger partial charge >= 0.3 is 6.85 Å². The minimum atomic E-state index is -0.243. The Morgan fingerprint density at radius 2 is 0.988 bits per heavy atom. The van der Waals surface area contributed by atoms with E-state index in [9.17, 15) is 0 Å². The molecule has 4 nitrogen and oxygen atoms in total. The summed E-state index contributed by atoms with van der Waals surface area (Å²) >= 11 is 0. The summed E-state index contributed by atoms with van der Waals surface area (Å²) in [5, 5.41) is 7.64. The van der Waals surface area contributed by atoms with Crippen LogP contribution in [0.5, 0.6) is 11.5 Å². The number of hydrogen-bond donors (Lipinski definition) is 0. The Morgan fingerprint density at radius 3 is 1.67 bits per heavy atom. The molecular weight excluding hydrogens is 994 g/mol. The Bertz CT molecular complexity index is 4470. The van der Waals surface area contributed by atoms with Gasteiger partial charge in [0.25, 0.3) is 0 Å². The standard InChI is InChI=1S/C77H72BN3O/c1-9-11-13-23-47-33-36-49(37-34-47)81-66-44-55-54-42-60-61(76(5,6)40-39-75(60,3)4)46-59(54)77(7,8)58(55)43-56(66)57-45-67(79-64-29-19-21-31-68(64)82-69-32-22-20-30-65(69)79)71-70-52-27-17-15-25-50(52)51-26-16-18-28-53(51)73(70)80-63-38-35-48(24-14-12-10-2)41-62(63)78(81)72(57)74(71)80/h15-22,25-38,41-46H,9-14,23-24,39-40H2,1-8H3. The summed E-state index contributed by atoms with van der Waals surface area (Å²) in [6.45, 7) is 19.4. The number of rotatable bonds is 10. The molecule has 3 aliphatic heterocycles. The average Bonchev–Trinajstić information content (AvgIpc) is 2.29. The number of unbranched alkanes of at least 4 members (excludes halogenated alkanes) is 4. The van der Waals surface area contributed by atoms with Gasteiger partial charge in [0.15, 0.2) is 11.5 Å². The van der Waals surface area contributed by atoms with Crippen LogP contribution in [0, 0.1) is 0 Å². The van der Waals surface area contributed by atoms with Gasteiger partial charge in [-0.15, -0.1) is 0 Å². The van der Waals surface area contributed by atoms with Crippen molar-refractivity contribution in [3.05, 3.63) is 203 Å². The fourth-order valence-corrected chi connectivity index (χ4v) is 16.0. The van der Waals surface area contributed by atoms with Crippen molar-refractivity contribution in [2.45, 2.75) is 136 Å². The van der Waals surface area contributed by atoms with E-state index in [1.807, 2.05) is 0 Å². The topological polar surface area (TPSA) is 20.6 Å². The van der Waals surface area contributed by atoms with Crippen LogP contribution in [0.4, 0.5) is 28.4 Å². The molecule has 5 heteroatoms. The predicted octanol–water partition coefficient (Wildman–Crippen LogP) is 20.0. The molecule has 0 N–H and O–H groups in total. The van der Waals surface area contributed by atoms with Crippen molar-refractivity contribution in [3.8, 4) is 39.4 Å². The zero-order valence-corrected chi connectivity index (χ0v) is 49.1. The van der Waals surface area contributed by atoms with Crippen LogP contribution in [-0.4, -0.2) is 11.4 Å². The fourth-order valence-electron chi connectivity index (χ4n) is 16.0. The third kappa shape index (κ3) is 6.98. The molecular formula is C77H72BN3O. The van der Waals surface area contributed by atoms with E-state index in [0.29, 0.717) is 0 Å². The summed E-state index contributed by atoms with van der Waals surface area (Å²) in [6.07, 6.45) is 11.8. The van der Waals surface area contributed by atoms with Gasteiger partial charge in [0.1, 0.15) is 0 Å². The molecule has 2 aliphatic carbocycles. The second kappa shape index (κ2) is 18.0. The lowest BCUT2D eigenvalue weighted by Crippen LogP contribution is -2.60. The van der Waals surface area contributed by atoms with Gasteiger partial charge in [-0.2, -0.15) is 0 Å². The van der Waals surface area contributed by atoms with Gasteiger partial charge in [0.05, 0.1) is 28.1 Å². The zero-order chi connectivity index (χ0) is 55.6. The first-order valence-corrected chi connectivity index (χ1v) is 30.9. The van der Waals surface area contributed by atoms with Crippen LogP contribution in [0.15, 0.2) is 170 Å². The monoisotopic (exact) mass is 1070 g/mol. The lowest BCUT2D eigenvalue weighted by atomic mass is 9.43. The van der Waals surface area contributed by atoms with Crippen molar-refractivity contribution in [2.24, 2.45) is 0 Å². The molecule has 0 saturated carbocycles. The first kappa shape index (κ1) is 49.8. The first-order valence-electron chi connectivity index (χ1n) is 30.9. The maximum Gasteiger partial charge on any atom is 0.333 e. The summed E-state index contributed by atoms with van der Waals surface area (Å²) in [5.41, 5.74) is 26.3. The van der Waals surface area contributed by atoms with Gasteiger partial charge in [0, 0.05) is 44.2 Å². The molecule has 0 radical (unpaired) electrons. The van der Waals surface area contributed by atoms with E-state index in [2.05, 4.69) is 240 Å². The average molecular weight is 1070 g/mol. The second-order valence-electron chi connectivity index (χ2n) is 26.6. The number of hydrogen-bond acceptors (Lipinski definition) is 3.